The van der Waals surface area contributed by atoms with Gasteiger partial charge in [0.05, 0.1) is 0 Å². The lowest BCUT2D eigenvalue weighted by atomic mass is 9.91. The van der Waals surface area contributed by atoms with E-state index in [2.05, 4.69) is 12.2 Å². The second-order valence-electron chi connectivity index (χ2n) is 7.22. The summed E-state index contributed by atoms with van der Waals surface area (Å²) in [6.45, 7) is 5.66. The fraction of sp³-hybridized carbons (Fsp3) is 0.632. The molecule has 1 N–H and O–H groups in total. The molecule has 0 radical (unpaired) electrons. The van der Waals surface area contributed by atoms with Gasteiger partial charge in [0.2, 0.25) is 5.91 Å². The Hall–Kier alpha value is -1.49. The average molecular weight is 336 g/mol. The fourth-order valence-corrected chi connectivity index (χ4v) is 3.65. The van der Waals surface area contributed by atoms with Gasteiger partial charge >= 0.3 is 0 Å². The minimum atomic E-state index is -0.550. The topological polar surface area (TPSA) is 32.3 Å². The van der Waals surface area contributed by atoms with E-state index < -0.39 is 11.6 Å². The number of likely N-dealkylation sites (tertiary alicyclic amines) is 1. The van der Waals surface area contributed by atoms with E-state index in [0.717, 1.165) is 44.8 Å². The molecule has 24 heavy (non-hydrogen) atoms. The van der Waals surface area contributed by atoms with Crippen LogP contribution < -0.4 is 5.32 Å². The minimum Gasteiger partial charge on any atom is -0.342 e. The average Bonchev–Trinajstić information content (AvgIpc) is 3.38. The Morgan fingerprint density at radius 2 is 2.08 bits per heavy atom. The van der Waals surface area contributed by atoms with Crippen LogP contribution in [0, 0.1) is 23.5 Å². The third kappa shape index (κ3) is 3.77. The number of carbonyl (C=O) groups excluding carboxylic acids is 1. The summed E-state index contributed by atoms with van der Waals surface area (Å²) >= 11 is 0. The molecule has 1 aromatic rings. The largest absolute Gasteiger partial charge is 0.342 e. The van der Waals surface area contributed by atoms with Crippen molar-refractivity contribution >= 4 is 5.91 Å². The monoisotopic (exact) mass is 336 g/mol. The first-order chi connectivity index (χ1) is 11.5. The number of hydrogen-bond acceptors (Lipinski definition) is 2. The standard InChI is InChI=1S/C19H26F2N2O/c1-3-17(15-7-6-14(20)10-16(15)21)22-18-8-9-23(11-12(18)2)19(24)13-4-5-13/h6-7,10,12-13,17-18,22H,3-5,8-9,11H2,1-2H3/t12-,17+,18-/m1/s1. The van der Waals surface area contributed by atoms with Crippen molar-refractivity contribution in [3.63, 3.8) is 0 Å². The van der Waals surface area contributed by atoms with Gasteiger partial charge in [-0.2, -0.15) is 0 Å². The van der Waals surface area contributed by atoms with Crippen LogP contribution in [0.2, 0.25) is 0 Å². The summed E-state index contributed by atoms with van der Waals surface area (Å²) in [4.78, 5) is 14.2. The van der Waals surface area contributed by atoms with Crippen molar-refractivity contribution in [2.75, 3.05) is 13.1 Å². The Balaban J connectivity index is 1.62. The van der Waals surface area contributed by atoms with Gasteiger partial charge in [-0.05, 0) is 37.7 Å². The minimum absolute atomic E-state index is 0.135. The summed E-state index contributed by atoms with van der Waals surface area (Å²) < 4.78 is 27.2. The predicted molar refractivity (Wildman–Crippen MR) is 89.4 cm³/mol. The van der Waals surface area contributed by atoms with E-state index in [1.807, 2.05) is 11.8 Å². The number of nitrogens with zero attached hydrogens (tertiary/aromatic N) is 1. The van der Waals surface area contributed by atoms with Crippen LogP contribution >= 0.6 is 0 Å². The Bertz CT molecular complexity index is 603. The molecule has 1 saturated carbocycles. The highest BCUT2D eigenvalue weighted by Gasteiger charge is 2.37. The number of piperidine rings is 1. The van der Waals surface area contributed by atoms with Crippen LogP contribution in [0.4, 0.5) is 8.78 Å². The van der Waals surface area contributed by atoms with Gasteiger partial charge in [0.15, 0.2) is 0 Å². The smallest absolute Gasteiger partial charge is 0.225 e. The molecule has 0 aromatic heterocycles. The highest BCUT2D eigenvalue weighted by molar-refractivity contribution is 5.81. The molecule has 1 amide bonds. The zero-order valence-corrected chi connectivity index (χ0v) is 14.4. The second-order valence-corrected chi connectivity index (χ2v) is 7.22. The van der Waals surface area contributed by atoms with Crippen LogP contribution in [0.5, 0.6) is 0 Å². The van der Waals surface area contributed by atoms with Gasteiger partial charge in [-0.25, -0.2) is 8.78 Å². The highest BCUT2D eigenvalue weighted by Crippen LogP contribution is 2.33. The van der Waals surface area contributed by atoms with Gasteiger partial charge in [0.1, 0.15) is 11.6 Å². The molecule has 1 heterocycles. The number of rotatable bonds is 5. The number of benzene rings is 1. The van der Waals surface area contributed by atoms with Crippen molar-refractivity contribution in [3.8, 4) is 0 Å². The molecular formula is C19H26F2N2O. The van der Waals surface area contributed by atoms with Gasteiger partial charge in [0, 0.05) is 42.7 Å². The molecule has 1 saturated heterocycles. The Morgan fingerprint density at radius 1 is 1.33 bits per heavy atom. The van der Waals surface area contributed by atoms with Crippen molar-refractivity contribution in [1.82, 2.24) is 10.2 Å². The molecule has 0 unspecified atom stereocenters. The maximum atomic E-state index is 14.1. The van der Waals surface area contributed by atoms with E-state index in [-0.39, 0.29) is 18.0 Å². The first kappa shape index (κ1) is 17.3. The van der Waals surface area contributed by atoms with E-state index in [1.165, 1.54) is 12.1 Å². The Kier molecular flexibility index (Phi) is 5.18. The molecule has 3 atom stereocenters. The Labute approximate surface area is 142 Å². The molecule has 1 aromatic carbocycles. The molecule has 0 bridgehead atoms. The van der Waals surface area contributed by atoms with Gasteiger partial charge in [0.25, 0.3) is 0 Å². The first-order valence-corrected chi connectivity index (χ1v) is 8.99. The van der Waals surface area contributed by atoms with Crippen molar-refractivity contribution < 1.29 is 13.6 Å². The molecule has 1 aliphatic heterocycles. The number of nitrogens with one attached hydrogen (secondary N) is 1. The molecule has 5 heteroatoms. The number of carbonyl (C=O) groups is 1. The maximum Gasteiger partial charge on any atom is 0.225 e. The van der Waals surface area contributed by atoms with Gasteiger partial charge in [-0.3, -0.25) is 4.79 Å². The van der Waals surface area contributed by atoms with Crippen molar-refractivity contribution in [3.05, 3.63) is 35.4 Å². The molecule has 2 aliphatic rings. The maximum absolute atomic E-state index is 14.1. The molecule has 1 aliphatic carbocycles. The summed E-state index contributed by atoms with van der Waals surface area (Å²) in [5, 5.41) is 3.54. The van der Waals surface area contributed by atoms with Gasteiger partial charge in [-0.1, -0.05) is 19.9 Å². The van der Waals surface area contributed by atoms with E-state index >= 15 is 0 Å². The summed E-state index contributed by atoms with van der Waals surface area (Å²) in [6, 6.07) is 3.89. The summed E-state index contributed by atoms with van der Waals surface area (Å²) in [5.41, 5.74) is 0.516. The normalized spacial score (nSPS) is 25.6. The number of amides is 1. The van der Waals surface area contributed by atoms with Crippen molar-refractivity contribution in [2.45, 2.75) is 51.6 Å². The lowest BCUT2D eigenvalue weighted by molar-refractivity contribution is -0.134. The van der Waals surface area contributed by atoms with Gasteiger partial charge < -0.3 is 10.2 Å². The van der Waals surface area contributed by atoms with Crippen LogP contribution in [0.3, 0.4) is 0 Å². The lowest BCUT2D eigenvalue weighted by Gasteiger charge is -2.39. The SMILES string of the molecule is CC[C@H](N[C@@H]1CCN(C(=O)C2CC2)C[C@H]1C)c1ccc(F)cc1F. The number of halogens is 2. The zero-order chi connectivity index (χ0) is 17.3. The van der Waals surface area contributed by atoms with E-state index in [4.69, 9.17) is 0 Å². The molecule has 3 nitrogen and oxygen atoms in total. The summed E-state index contributed by atoms with van der Waals surface area (Å²) in [7, 11) is 0. The third-order valence-electron chi connectivity index (χ3n) is 5.30. The van der Waals surface area contributed by atoms with E-state index in [0.29, 0.717) is 17.4 Å². The highest BCUT2D eigenvalue weighted by atomic mass is 19.1. The third-order valence-corrected chi connectivity index (χ3v) is 5.30. The second kappa shape index (κ2) is 7.18. The first-order valence-electron chi connectivity index (χ1n) is 8.99. The van der Waals surface area contributed by atoms with Crippen molar-refractivity contribution in [2.24, 2.45) is 11.8 Å². The van der Waals surface area contributed by atoms with Crippen LogP contribution in [0.25, 0.3) is 0 Å². The summed E-state index contributed by atoms with van der Waals surface area (Å²) in [6.07, 6.45) is 3.68. The Morgan fingerprint density at radius 3 is 2.67 bits per heavy atom. The zero-order valence-electron chi connectivity index (χ0n) is 14.4. The van der Waals surface area contributed by atoms with Crippen LogP contribution in [0.15, 0.2) is 18.2 Å². The lowest BCUT2D eigenvalue weighted by Crippen LogP contribution is -2.51. The summed E-state index contributed by atoms with van der Waals surface area (Å²) in [5.74, 6) is -0.163. The van der Waals surface area contributed by atoms with Crippen LogP contribution in [-0.4, -0.2) is 29.9 Å². The van der Waals surface area contributed by atoms with Crippen LogP contribution in [-0.2, 0) is 4.79 Å². The quantitative estimate of drug-likeness (QED) is 0.890. The molecule has 132 valence electrons. The van der Waals surface area contributed by atoms with E-state index in [1.54, 1.807) is 0 Å². The predicted octanol–water partition coefficient (Wildman–Crippen LogP) is 3.65. The molecular weight excluding hydrogens is 310 g/mol. The molecule has 2 fully saturated rings. The fourth-order valence-electron chi connectivity index (χ4n) is 3.65. The van der Waals surface area contributed by atoms with Crippen molar-refractivity contribution in [1.29, 1.82) is 0 Å². The van der Waals surface area contributed by atoms with E-state index in [9.17, 15) is 13.6 Å². The van der Waals surface area contributed by atoms with Crippen LogP contribution in [0.1, 0.15) is 51.1 Å². The van der Waals surface area contributed by atoms with Gasteiger partial charge in [-0.15, -0.1) is 0 Å². The molecule has 3 rings (SSSR count). The molecule has 0 spiro atoms. The number of hydrogen-bond donors (Lipinski definition) is 1.